The van der Waals surface area contributed by atoms with Gasteiger partial charge >= 0.3 is 0 Å². The average molecular weight is 821 g/mol. The highest BCUT2D eigenvalue weighted by Crippen LogP contribution is 2.28. The Hall–Kier alpha value is -6.78. The highest BCUT2D eigenvalue weighted by molar-refractivity contribution is 5.94. The first-order chi connectivity index (χ1) is 29.0. The number of H-pyrrole nitrogens is 1. The van der Waals surface area contributed by atoms with Crippen molar-refractivity contribution in [3.8, 4) is 11.5 Å². The lowest BCUT2D eigenvalue weighted by Crippen LogP contribution is -2.57. The van der Waals surface area contributed by atoms with Gasteiger partial charge in [-0.3, -0.25) is 29.0 Å². The van der Waals surface area contributed by atoms with Crippen LogP contribution in [0.4, 0.5) is 0 Å². The molecule has 0 aliphatic carbocycles. The van der Waals surface area contributed by atoms with Gasteiger partial charge in [0.1, 0.15) is 24.5 Å². The fraction of sp³-hybridized carbons (Fsp3) is 0.395. The lowest BCUT2D eigenvalue weighted by Gasteiger charge is -2.28. The van der Waals surface area contributed by atoms with E-state index in [9.17, 15) is 24.0 Å². The Morgan fingerprint density at radius 3 is 2.47 bits per heavy atom. The van der Waals surface area contributed by atoms with Gasteiger partial charge in [-0.15, -0.1) is 0 Å². The molecular weight excluding hydrogens is 769 g/mol. The van der Waals surface area contributed by atoms with E-state index in [4.69, 9.17) is 14.5 Å². The number of para-hydroxylation sites is 1. The molecule has 6 rings (SSSR count). The fourth-order valence-electron chi connectivity index (χ4n) is 7.16. The molecule has 316 valence electrons. The molecule has 2 aromatic carbocycles. The Bertz CT molecular complexity index is 2310. The Kier molecular flexibility index (Phi) is 14.1. The van der Waals surface area contributed by atoms with Crippen LogP contribution in [0.5, 0.6) is 11.5 Å². The summed E-state index contributed by atoms with van der Waals surface area (Å²) in [4.78, 5) is 83.0. The summed E-state index contributed by atoms with van der Waals surface area (Å²) < 4.78 is 12.3. The first kappa shape index (κ1) is 42.8. The Labute approximate surface area is 348 Å². The SMILES string of the molecule is CC[C@H](C)[C@@H]1NC(=O)[C@@H](Cc2c[nH]c3ccccc23)NC(=O)CN(C(=O)Cc2cccnc2)CCNC(=O)Cn2nc(Cc3ccc(OC)c(OC)c3)nc2[C@@H](C)NC1=O. The second-order valence-corrected chi connectivity index (χ2v) is 14.9. The van der Waals surface area contributed by atoms with E-state index in [1.54, 1.807) is 57.9 Å². The van der Waals surface area contributed by atoms with Crippen LogP contribution < -0.4 is 30.7 Å². The monoisotopic (exact) mass is 820 g/mol. The van der Waals surface area contributed by atoms with E-state index in [1.165, 1.54) is 9.58 Å². The number of pyridine rings is 1. The van der Waals surface area contributed by atoms with Gasteiger partial charge in [0.15, 0.2) is 17.3 Å². The standard InChI is InChI=1S/C43H52N10O7/c1-6-26(2)40-43(58)47-27(3)41-49-36(19-28-13-14-34(59-4)35(18-28)60-5)51-53(41)25-37(54)45-16-17-52(39(56)20-29-10-9-15-44-22-29)24-38(55)48-33(42(57)50-40)21-30-23-46-32-12-8-7-11-31(30)32/h7-15,18,22-23,26-27,33,40,46H,6,16-17,19-21,24-25H2,1-5H3,(H,45,54)(H,47,58)(H,48,55)(H,50,57)/t26-,27+,33+,40-/m0/s1. The molecule has 17 heteroatoms. The van der Waals surface area contributed by atoms with Gasteiger partial charge < -0.3 is 40.6 Å². The number of nitrogens with zero attached hydrogens (tertiary/aromatic N) is 5. The number of carbonyl (C=O) groups is 5. The minimum absolute atomic E-state index is 0.00508. The zero-order valence-corrected chi connectivity index (χ0v) is 34.5. The zero-order valence-electron chi connectivity index (χ0n) is 34.5. The molecular formula is C43H52N10O7. The van der Waals surface area contributed by atoms with Crippen molar-refractivity contribution in [3.05, 3.63) is 102 Å². The number of aromatic nitrogens is 5. The van der Waals surface area contributed by atoms with Gasteiger partial charge in [0.2, 0.25) is 29.5 Å². The van der Waals surface area contributed by atoms with E-state index < -0.39 is 48.3 Å². The Morgan fingerprint density at radius 1 is 0.917 bits per heavy atom. The predicted octanol–water partition coefficient (Wildman–Crippen LogP) is 2.40. The summed E-state index contributed by atoms with van der Waals surface area (Å²) in [5, 5.41) is 17.2. The number of benzene rings is 2. The fourth-order valence-corrected chi connectivity index (χ4v) is 7.16. The molecule has 4 atom stereocenters. The molecule has 5 aromatic rings. The molecule has 60 heavy (non-hydrogen) atoms. The first-order valence-corrected chi connectivity index (χ1v) is 20.0. The zero-order chi connectivity index (χ0) is 42.8. The van der Waals surface area contributed by atoms with Crippen molar-refractivity contribution < 1.29 is 33.4 Å². The summed E-state index contributed by atoms with van der Waals surface area (Å²) in [7, 11) is 3.10. The van der Waals surface area contributed by atoms with E-state index in [2.05, 4.69) is 36.3 Å². The Morgan fingerprint density at radius 2 is 1.72 bits per heavy atom. The number of hydrogen-bond donors (Lipinski definition) is 5. The van der Waals surface area contributed by atoms with Crippen LogP contribution in [0.15, 0.2) is 73.2 Å². The lowest BCUT2D eigenvalue weighted by molar-refractivity contribution is -0.137. The number of amides is 5. The van der Waals surface area contributed by atoms with Gasteiger partial charge in [-0.1, -0.05) is 50.6 Å². The summed E-state index contributed by atoms with van der Waals surface area (Å²) in [6.45, 7) is 4.86. The molecule has 17 nitrogen and oxygen atoms in total. The van der Waals surface area contributed by atoms with E-state index >= 15 is 0 Å². The van der Waals surface area contributed by atoms with Crippen molar-refractivity contribution >= 4 is 40.4 Å². The summed E-state index contributed by atoms with van der Waals surface area (Å²) in [5.41, 5.74) is 3.11. The summed E-state index contributed by atoms with van der Waals surface area (Å²) >= 11 is 0. The van der Waals surface area contributed by atoms with E-state index in [-0.39, 0.29) is 50.7 Å². The third-order valence-corrected chi connectivity index (χ3v) is 10.6. The first-order valence-electron chi connectivity index (χ1n) is 20.0. The highest BCUT2D eigenvalue weighted by Gasteiger charge is 2.33. The van der Waals surface area contributed by atoms with Gasteiger partial charge in [-0.05, 0) is 53.8 Å². The van der Waals surface area contributed by atoms with Gasteiger partial charge in [-0.2, -0.15) is 5.10 Å². The maximum atomic E-state index is 14.3. The van der Waals surface area contributed by atoms with Crippen LogP contribution >= 0.6 is 0 Å². The minimum atomic E-state index is -1.12. The van der Waals surface area contributed by atoms with Crippen LogP contribution in [0.2, 0.25) is 0 Å². The second-order valence-electron chi connectivity index (χ2n) is 14.9. The molecule has 1 aliphatic rings. The number of hydrogen-bond acceptors (Lipinski definition) is 10. The van der Waals surface area contributed by atoms with Crippen molar-refractivity contribution in [1.29, 1.82) is 0 Å². The molecule has 3 aromatic heterocycles. The van der Waals surface area contributed by atoms with Crippen LogP contribution in [0, 0.1) is 5.92 Å². The molecule has 1 aliphatic heterocycles. The second kappa shape index (κ2) is 19.8. The molecule has 0 saturated heterocycles. The molecule has 5 N–H and O–H groups in total. The van der Waals surface area contributed by atoms with Gasteiger partial charge in [0, 0.05) is 55.4 Å². The largest absolute Gasteiger partial charge is 0.493 e. The highest BCUT2D eigenvalue weighted by atomic mass is 16.5. The average Bonchev–Trinajstić information content (AvgIpc) is 3.84. The van der Waals surface area contributed by atoms with E-state index in [0.29, 0.717) is 35.1 Å². The van der Waals surface area contributed by atoms with E-state index in [1.807, 2.05) is 50.2 Å². The summed E-state index contributed by atoms with van der Waals surface area (Å²) in [5.74, 6) is -0.942. The molecule has 5 amide bonds. The molecule has 0 unspecified atom stereocenters. The number of methoxy groups -OCH3 is 2. The molecule has 0 fully saturated rings. The molecule has 0 radical (unpaired) electrons. The Balaban J connectivity index is 1.33. The van der Waals surface area contributed by atoms with E-state index in [0.717, 1.165) is 22.0 Å². The van der Waals surface area contributed by atoms with Crippen LogP contribution in [-0.4, -0.2) is 105 Å². The van der Waals surface area contributed by atoms with Gasteiger partial charge in [0.25, 0.3) is 0 Å². The topological polar surface area (TPSA) is 215 Å². The number of aromatic amines is 1. The summed E-state index contributed by atoms with van der Waals surface area (Å²) in [6, 6.07) is 13.7. The van der Waals surface area contributed by atoms with Crippen molar-refractivity contribution in [2.24, 2.45) is 5.92 Å². The normalized spacial score (nSPS) is 18.9. The quantitative estimate of drug-likeness (QED) is 0.139. The van der Waals surface area contributed by atoms with Crippen LogP contribution in [0.1, 0.15) is 61.6 Å². The van der Waals surface area contributed by atoms with Crippen molar-refractivity contribution in [3.63, 3.8) is 0 Å². The van der Waals surface area contributed by atoms with Crippen LogP contribution in [0.25, 0.3) is 10.9 Å². The number of nitrogens with one attached hydrogen (secondary N) is 5. The number of fused-ring (bicyclic) bond motifs is 2. The maximum Gasteiger partial charge on any atom is 0.243 e. The number of rotatable bonds is 10. The molecule has 0 saturated carbocycles. The smallest absolute Gasteiger partial charge is 0.243 e. The summed E-state index contributed by atoms with van der Waals surface area (Å²) in [6.07, 6.45) is 5.85. The predicted molar refractivity (Wildman–Crippen MR) is 222 cm³/mol. The van der Waals surface area contributed by atoms with Crippen LogP contribution in [0.3, 0.4) is 0 Å². The van der Waals surface area contributed by atoms with Crippen molar-refractivity contribution in [2.45, 2.75) is 71.1 Å². The maximum absolute atomic E-state index is 14.3. The third kappa shape index (κ3) is 10.6. The lowest BCUT2D eigenvalue weighted by atomic mass is 9.96. The van der Waals surface area contributed by atoms with Gasteiger partial charge in [0.05, 0.1) is 33.2 Å². The third-order valence-electron chi connectivity index (χ3n) is 10.6. The molecule has 0 bridgehead atoms. The minimum Gasteiger partial charge on any atom is -0.493 e. The van der Waals surface area contributed by atoms with Crippen LogP contribution in [-0.2, 0) is 49.8 Å². The molecule has 0 spiro atoms. The van der Waals surface area contributed by atoms with Gasteiger partial charge in [-0.25, -0.2) is 9.67 Å². The number of ether oxygens (including phenoxy) is 2. The molecule has 4 heterocycles. The van der Waals surface area contributed by atoms with Crippen molar-refractivity contribution in [1.82, 2.24) is 50.9 Å². The number of carbonyl (C=O) groups excluding carboxylic acids is 5. The van der Waals surface area contributed by atoms with Crippen molar-refractivity contribution in [2.75, 3.05) is 33.9 Å².